The number of urea groups is 1. The molecule has 5 nitrogen and oxygen atoms in total. The highest BCUT2D eigenvalue weighted by atomic mass is 19.1. The lowest BCUT2D eigenvalue weighted by Crippen LogP contribution is -2.46. The Bertz CT molecular complexity index is 581. The number of aliphatic hydroxyl groups excluding tert-OH is 1. The van der Waals surface area contributed by atoms with Gasteiger partial charge in [0.2, 0.25) is 0 Å². The molecule has 0 bridgehead atoms. The summed E-state index contributed by atoms with van der Waals surface area (Å²) in [5.41, 5.74) is 0.176. The molecule has 7 heteroatoms. The molecule has 0 aromatic heterocycles. The number of hydrogen-bond acceptors (Lipinski definition) is 3. The number of amides is 2. The van der Waals surface area contributed by atoms with Gasteiger partial charge in [-0.15, -0.1) is 0 Å². The maximum atomic E-state index is 13.8. The highest BCUT2D eigenvalue weighted by Gasteiger charge is 2.26. The van der Waals surface area contributed by atoms with Crippen LogP contribution in [0.4, 0.5) is 19.3 Å². The van der Waals surface area contributed by atoms with Gasteiger partial charge in [0.15, 0.2) is 0 Å². The van der Waals surface area contributed by atoms with Crippen LogP contribution in [-0.4, -0.2) is 43.4 Å². The Balaban J connectivity index is 1.82. The molecule has 1 fully saturated rings. The van der Waals surface area contributed by atoms with Crippen molar-refractivity contribution in [3.63, 3.8) is 0 Å². The van der Waals surface area contributed by atoms with Crippen molar-refractivity contribution in [2.45, 2.75) is 32.7 Å². The molecule has 0 radical (unpaired) electrons. The summed E-state index contributed by atoms with van der Waals surface area (Å²) in [6.45, 7) is 5.56. The van der Waals surface area contributed by atoms with Crippen LogP contribution in [0.1, 0.15) is 26.7 Å². The van der Waals surface area contributed by atoms with E-state index in [4.69, 9.17) is 5.11 Å². The third-order valence-corrected chi connectivity index (χ3v) is 4.29. The summed E-state index contributed by atoms with van der Waals surface area (Å²) in [6, 6.07) is 3.16. The number of hydrogen-bond donors (Lipinski definition) is 3. The average Bonchev–Trinajstić information content (AvgIpc) is 2.93. The second kappa shape index (κ2) is 7.79. The fourth-order valence-corrected chi connectivity index (χ4v) is 2.78. The molecule has 3 N–H and O–H groups in total. The Hall–Kier alpha value is -1.89. The van der Waals surface area contributed by atoms with Gasteiger partial charge in [0, 0.05) is 38.3 Å². The van der Waals surface area contributed by atoms with Crippen LogP contribution in [0.5, 0.6) is 0 Å². The SMILES string of the molecule is CC(C)(CCO)CNC(=O)NC1CCN(c2ccc(F)cc2F)C1. The highest BCUT2D eigenvalue weighted by Crippen LogP contribution is 2.24. The summed E-state index contributed by atoms with van der Waals surface area (Å²) in [5.74, 6) is -1.19. The summed E-state index contributed by atoms with van der Waals surface area (Å²) in [7, 11) is 0. The number of halogens is 2. The van der Waals surface area contributed by atoms with Crippen LogP contribution in [0.2, 0.25) is 0 Å². The van der Waals surface area contributed by atoms with Crippen molar-refractivity contribution in [3.05, 3.63) is 29.8 Å². The minimum Gasteiger partial charge on any atom is -0.396 e. The summed E-state index contributed by atoms with van der Waals surface area (Å²) in [6.07, 6.45) is 1.30. The highest BCUT2D eigenvalue weighted by molar-refractivity contribution is 5.74. The lowest BCUT2D eigenvalue weighted by molar-refractivity contribution is 0.200. The molecule has 24 heavy (non-hydrogen) atoms. The Morgan fingerprint density at radius 3 is 2.83 bits per heavy atom. The van der Waals surface area contributed by atoms with Crippen LogP contribution in [-0.2, 0) is 0 Å². The lowest BCUT2D eigenvalue weighted by atomic mass is 9.90. The van der Waals surface area contributed by atoms with E-state index < -0.39 is 11.6 Å². The van der Waals surface area contributed by atoms with E-state index in [0.717, 1.165) is 6.07 Å². The smallest absolute Gasteiger partial charge is 0.315 e. The van der Waals surface area contributed by atoms with Crippen molar-refractivity contribution in [2.75, 3.05) is 31.1 Å². The first kappa shape index (κ1) is 18.4. The van der Waals surface area contributed by atoms with E-state index in [9.17, 15) is 13.6 Å². The van der Waals surface area contributed by atoms with Gasteiger partial charge in [-0.3, -0.25) is 0 Å². The number of carbonyl (C=O) groups is 1. The van der Waals surface area contributed by atoms with E-state index in [-0.39, 0.29) is 24.1 Å². The van der Waals surface area contributed by atoms with E-state index in [1.807, 2.05) is 13.8 Å². The van der Waals surface area contributed by atoms with E-state index in [1.54, 1.807) is 4.90 Å². The molecule has 1 heterocycles. The summed E-state index contributed by atoms with van der Waals surface area (Å²) >= 11 is 0. The minimum atomic E-state index is -0.602. The van der Waals surface area contributed by atoms with Crippen LogP contribution < -0.4 is 15.5 Å². The number of anilines is 1. The summed E-state index contributed by atoms with van der Waals surface area (Å²) in [5, 5.41) is 14.7. The second-order valence-corrected chi connectivity index (χ2v) is 6.99. The Kier molecular flexibility index (Phi) is 5.99. The molecule has 0 spiro atoms. The van der Waals surface area contributed by atoms with Crippen molar-refractivity contribution in [1.29, 1.82) is 0 Å². The first-order valence-electron chi connectivity index (χ1n) is 8.16. The van der Waals surface area contributed by atoms with Gasteiger partial charge in [-0.25, -0.2) is 13.6 Å². The molecule has 1 unspecified atom stereocenters. The first-order valence-corrected chi connectivity index (χ1v) is 8.16. The lowest BCUT2D eigenvalue weighted by Gasteiger charge is -2.24. The van der Waals surface area contributed by atoms with Crippen molar-refractivity contribution in [2.24, 2.45) is 5.41 Å². The summed E-state index contributed by atoms with van der Waals surface area (Å²) < 4.78 is 26.8. The van der Waals surface area contributed by atoms with Crippen LogP contribution >= 0.6 is 0 Å². The number of rotatable bonds is 6. The largest absolute Gasteiger partial charge is 0.396 e. The molecular weight excluding hydrogens is 316 g/mol. The zero-order chi connectivity index (χ0) is 17.7. The van der Waals surface area contributed by atoms with Gasteiger partial charge in [0.1, 0.15) is 11.6 Å². The van der Waals surface area contributed by atoms with Gasteiger partial charge in [-0.1, -0.05) is 13.8 Å². The number of nitrogens with zero attached hydrogens (tertiary/aromatic N) is 1. The third kappa shape index (κ3) is 5.06. The van der Waals surface area contributed by atoms with Crippen LogP contribution in [0.3, 0.4) is 0 Å². The monoisotopic (exact) mass is 341 g/mol. The zero-order valence-corrected chi connectivity index (χ0v) is 14.1. The molecule has 1 aromatic carbocycles. The molecule has 1 aromatic rings. The topological polar surface area (TPSA) is 64.6 Å². The quantitative estimate of drug-likeness (QED) is 0.744. The maximum Gasteiger partial charge on any atom is 0.315 e. The average molecular weight is 341 g/mol. The van der Waals surface area contributed by atoms with E-state index in [1.165, 1.54) is 12.1 Å². The van der Waals surface area contributed by atoms with Gasteiger partial charge >= 0.3 is 6.03 Å². The number of aliphatic hydroxyl groups is 1. The zero-order valence-electron chi connectivity index (χ0n) is 14.1. The molecule has 134 valence electrons. The molecule has 1 atom stereocenters. The van der Waals surface area contributed by atoms with Crippen molar-refractivity contribution in [1.82, 2.24) is 10.6 Å². The standard InChI is InChI=1S/C17H25F2N3O2/c1-17(2,6-8-23)11-20-16(24)21-13-5-7-22(10-13)15-4-3-12(18)9-14(15)19/h3-4,9,13,23H,5-8,10-11H2,1-2H3,(H2,20,21,24). The Labute approximate surface area is 141 Å². The van der Waals surface area contributed by atoms with E-state index in [2.05, 4.69) is 10.6 Å². The molecular formula is C17H25F2N3O2. The molecule has 2 amide bonds. The van der Waals surface area contributed by atoms with Crippen molar-refractivity contribution in [3.8, 4) is 0 Å². The first-order chi connectivity index (χ1) is 11.3. The van der Waals surface area contributed by atoms with E-state index >= 15 is 0 Å². The number of benzene rings is 1. The molecule has 2 rings (SSSR count). The minimum absolute atomic E-state index is 0.0805. The second-order valence-electron chi connectivity index (χ2n) is 6.99. The van der Waals surface area contributed by atoms with Gasteiger partial charge < -0.3 is 20.6 Å². The summed E-state index contributed by atoms with van der Waals surface area (Å²) in [4.78, 5) is 13.8. The molecule has 0 aliphatic carbocycles. The molecule has 0 saturated carbocycles. The Morgan fingerprint density at radius 1 is 1.42 bits per heavy atom. The maximum absolute atomic E-state index is 13.8. The third-order valence-electron chi connectivity index (χ3n) is 4.29. The molecule has 1 aliphatic heterocycles. The van der Waals surface area contributed by atoms with Gasteiger partial charge in [0.25, 0.3) is 0 Å². The van der Waals surface area contributed by atoms with Gasteiger partial charge in [-0.2, -0.15) is 0 Å². The van der Waals surface area contributed by atoms with Crippen LogP contribution in [0.25, 0.3) is 0 Å². The molecule has 1 aliphatic rings. The van der Waals surface area contributed by atoms with Gasteiger partial charge in [0.05, 0.1) is 5.69 Å². The van der Waals surface area contributed by atoms with E-state index in [0.29, 0.717) is 38.2 Å². The van der Waals surface area contributed by atoms with Crippen LogP contribution in [0, 0.1) is 17.0 Å². The van der Waals surface area contributed by atoms with Crippen molar-refractivity contribution < 1.29 is 18.7 Å². The van der Waals surface area contributed by atoms with Gasteiger partial charge in [-0.05, 0) is 30.4 Å². The fraction of sp³-hybridized carbons (Fsp3) is 0.588. The van der Waals surface area contributed by atoms with Crippen molar-refractivity contribution >= 4 is 11.7 Å². The predicted octanol–water partition coefficient (Wildman–Crippen LogP) is 2.25. The normalized spacial score (nSPS) is 17.9. The van der Waals surface area contributed by atoms with Crippen LogP contribution in [0.15, 0.2) is 18.2 Å². The number of nitrogens with one attached hydrogen (secondary N) is 2. The number of carbonyl (C=O) groups excluding carboxylic acids is 1. The fourth-order valence-electron chi connectivity index (χ4n) is 2.78. The predicted molar refractivity (Wildman–Crippen MR) is 89.0 cm³/mol. The molecule has 1 saturated heterocycles. The Morgan fingerprint density at radius 2 is 2.17 bits per heavy atom.